The number of piperazine rings is 1. The highest BCUT2D eigenvalue weighted by Gasteiger charge is 2.27. The molecule has 1 saturated heterocycles. The van der Waals surface area contributed by atoms with E-state index in [1.54, 1.807) is 24.5 Å². The number of amides is 1. The Balaban J connectivity index is 1.19. The number of hydrogen-bond acceptors (Lipinski definition) is 6. The number of anilines is 2. The van der Waals surface area contributed by atoms with Crippen molar-refractivity contribution < 1.29 is 13.6 Å². The molecule has 0 radical (unpaired) electrons. The topological polar surface area (TPSA) is 79.2 Å². The second-order valence-corrected chi connectivity index (χ2v) is 9.86. The monoisotopic (exact) mass is 517 g/mol. The molecule has 196 valence electrons. The number of nitrogens with one attached hydrogen (secondary N) is 1. The number of rotatable bonds is 6. The molecule has 0 saturated carbocycles. The van der Waals surface area contributed by atoms with Crippen LogP contribution >= 0.6 is 0 Å². The van der Waals surface area contributed by atoms with E-state index in [0.29, 0.717) is 29.1 Å². The van der Waals surface area contributed by atoms with Gasteiger partial charge in [0.1, 0.15) is 5.52 Å². The Morgan fingerprint density at radius 3 is 2.66 bits per heavy atom. The summed E-state index contributed by atoms with van der Waals surface area (Å²) in [7, 11) is 0. The molecule has 5 heterocycles. The zero-order valence-corrected chi connectivity index (χ0v) is 21.0. The molecule has 4 aromatic rings. The lowest BCUT2D eigenvalue weighted by atomic mass is 10.1. The lowest BCUT2D eigenvalue weighted by molar-refractivity contribution is 0.102. The van der Waals surface area contributed by atoms with Gasteiger partial charge < -0.3 is 14.8 Å². The maximum absolute atomic E-state index is 13.5. The number of pyridine rings is 1. The molecule has 3 aromatic heterocycles. The first kappa shape index (κ1) is 24.4. The fourth-order valence-corrected chi connectivity index (χ4v) is 5.42. The van der Waals surface area contributed by atoms with Crippen LogP contribution in [0.1, 0.15) is 34.5 Å². The Kier molecular flexibility index (Phi) is 6.71. The molecule has 0 aliphatic carbocycles. The number of aryl methyl sites for hydroxylation is 1. The van der Waals surface area contributed by atoms with E-state index in [2.05, 4.69) is 29.7 Å². The predicted molar refractivity (Wildman–Crippen MR) is 141 cm³/mol. The minimum atomic E-state index is -0.818. The van der Waals surface area contributed by atoms with Crippen molar-refractivity contribution in [3.05, 3.63) is 77.4 Å². The molecule has 2 aliphatic rings. The van der Waals surface area contributed by atoms with Gasteiger partial charge in [-0.25, -0.2) is 18.7 Å². The smallest absolute Gasteiger partial charge is 0.259 e. The van der Waals surface area contributed by atoms with Gasteiger partial charge in [-0.2, -0.15) is 0 Å². The first-order valence-corrected chi connectivity index (χ1v) is 13.1. The van der Waals surface area contributed by atoms with E-state index in [4.69, 9.17) is 4.98 Å². The molecule has 6 rings (SSSR count). The van der Waals surface area contributed by atoms with E-state index < -0.39 is 11.6 Å². The molecule has 0 spiro atoms. The molecule has 10 heteroatoms. The van der Waals surface area contributed by atoms with Gasteiger partial charge >= 0.3 is 0 Å². The number of aromatic nitrogens is 4. The SMILES string of the molecule is O=C(Nc1cccnc1)c1c2n(c3cnc(N4CCN(CCc5ccc(F)c(F)c5)CC4)nc13)CCCC2. The Morgan fingerprint density at radius 2 is 1.87 bits per heavy atom. The summed E-state index contributed by atoms with van der Waals surface area (Å²) < 4.78 is 28.9. The van der Waals surface area contributed by atoms with Crippen molar-refractivity contribution in [1.82, 2.24) is 24.4 Å². The van der Waals surface area contributed by atoms with Crippen molar-refractivity contribution in [1.29, 1.82) is 0 Å². The first-order chi connectivity index (χ1) is 18.6. The van der Waals surface area contributed by atoms with E-state index in [-0.39, 0.29) is 5.91 Å². The minimum Gasteiger partial charge on any atom is -0.341 e. The van der Waals surface area contributed by atoms with Crippen LogP contribution in [0.4, 0.5) is 20.4 Å². The van der Waals surface area contributed by atoms with Gasteiger partial charge in [-0.05, 0) is 55.5 Å². The zero-order valence-electron chi connectivity index (χ0n) is 21.0. The zero-order chi connectivity index (χ0) is 26.1. The Labute approximate surface area is 219 Å². The predicted octanol–water partition coefficient (Wildman–Crippen LogP) is 4.06. The van der Waals surface area contributed by atoms with E-state index >= 15 is 0 Å². The molecule has 0 atom stereocenters. The molecule has 1 amide bonds. The second-order valence-electron chi connectivity index (χ2n) is 9.86. The highest BCUT2D eigenvalue weighted by molar-refractivity contribution is 6.13. The number of carbonyl (C=O) groups is 1. The normalized spacial score (nSPS) is 16.0. The molecular weight excluding hydrogens is 488 g/mol. The summed E-state index contributed by atoms with van der Waals surface area (Å²) in [6, 6.07) is 7.70. The average molecular weight is 518 g/mol. The first-order valence-electron chi connectivity index (χ1n) is 13.1. The molecule has 1 aromatic carbocycles. The lowest BCUT2D eigenvalue weighted by Gasteiger charge is -2.34. The van der Waals surface area contributed by atoms with Crippen LogP contribution in [0.25, 0.3) is 11.0 Å². The molecule has 8 nitrogen and oxygen atoms in total. The van der Waals surface area contributed by atoms with Crippen LogP contribution in [0.2, 0.25) is 0 Å². The van der Waals surface area contributed by atoms with Crippen molar-refractivity contribution in [2.75, 3.05) is 42.9 Å². The standard InChI is InChI=1S/C28H29F2N7O/c29-21-7-6-19(16-22(21)30)8-11-35-12-14-36(15-13-35)28-32-18-24-26(34-28)25(23-5-1-2-10-37(23)24)27(38)33-20-4-3-9-31-17-20/h3-4,6-7,9,16-18H,1-2,5,8,10-15H2,(H,33,38). The van der Waals surface area contributed by atoms with Gasteiger partial charge in [0.15, 0.2) is 11.6 Å². The van der Waals surface area contributed by atoms with Crippen LogP contribution in [0.15, 0.2) is 48.9 Å². The van der Waals surface area contributed by atoms with E-state index in [1.807, 2.05) is 12.3 Å². The number of hydrogen-bond donors (Lipinski definition) is 1. The maximum Gasteiger partial charge on any atom is 0.259 e. The van der Waals surface area contributed by atoms with Crippen molar-refractivity contribution in [3.63, 3.8) is 0 Å². The number of nitrogens with zero attached hydrogens (tertiary/aromatic N) is 6. The maximum atomic E-state index is 13.5. The van der Waals surface area contributed by atoms with Crippen LogP contribution in [-0.4, -0.2) is 63.0 Å². The van der Waals surface area contributed by atoms with Crippen LogP contribution in [0.5, 0.6) is 0 Å². The third-order valence-electron chi connectivity index (χ3n) is 7.45. The van der Waals surface area contributed by atoms with Gasteiger partial charge in [0.05, 0.1) is 29.2 Å². The van der Waals surface area contributed by atoms with E-state index in [9.17, 15) is 13.6 Å². The fourth-order valence-electron chi connectivity index (χ4n) is 5.42. The van der Waals surface area contributed by atoms with Crippen LogP contribution < -0.4 is 10.2 Å². The van der Waals surface area contributed by atoms with Gasteiger partial charge in [-0.1, -0.05) is 6.07 Å². The molecule has 1 N–H and O–H groups in total. The van der Waals surface area contributed by atoms with Crippen molar-refractivity contribution >= 4 is 28.6 Å². The molecular formula is C28H29F2N7O. The summed E-state index contributed by atoms with van der Waals surface area (Å²) in [5, 5.41) is 2.99. The Bertz CT molecular complexity index is 1470. The van der Waals surface area contributed by atoms with Gasteiger partial charge in [0, 0.05) is 51.2 Å². The highest BCUT2D eigenvalue weighted by atomic mass is 19.2. The van der Waals surface area contributed by atoms with E-state index in [0.717, 1.165) is 75.3 Å². The second kappa shape index (κ2) is 10.4. The van der Waals surface area contributed by atoms with Gasteiger partial charge in [-0.3, -0.25) is 14.7 Å². The minimum absolute atomic E-state index is 0.176. The number of benzene rings is 1. The number of fused-ring (bicyclic) bond motifs is 3. The van der Waals surface area contributed by atoms with Crippen molar-refractivity contribution in [3.8, 4) is 0 Å². The van der Waals surface area contributed by atoms with Gasteiger partial charge in [0.2, 0.25) is 5.95 Å². The summed E-state index contributed by atoms with van der Waals surface area (Å²) >= 11 is 0. The third-order valence-corrected chi connectivity index (χ3v) is 7.45. The summed E-state index contributed by atoms with van der Waals surface area (Å²) in [5.41, 5.74) is 4.66. The average Bonchev–Trinajstić information content (AvgIpc) is 3.28. The largest absolute Gasteiger partial charge is 0.341 e. The summed E-state index contributed by atoms with van der Waals surface area (Å²) in [6.07, 6.45) is 8.75. The Morgan fingerprint density at radius 1 is 1.00 bits per heavy atom. The summed E-state index contributed by atoms with van der Waals surface area (Å²) in [5.74, 6) is -1.18. The number of carbonyl (C=O) groups excluding carboxylic acids is 1. The molecule has 0 unspecified atom stereocenters. The lowest BCUT2D eigenvalue weighted by Crippen LogP contribution is -2.47. The molecule has 1 fully saturated rings. The van der Waals surface area contributed by atoms with Crippen LogP contribution in [0, 0.1) is 11.6 Å². The van der Waals surface area contributed by atoms with Crippen molar-refractivity contribution in [2.24, 2.45) is 0 Å². The van der Waals surface area contributed by atoms with Gasteiger partial charge in [0.25, 0.3) is 5.91 Å². The fraction of sp³-hybridized carbons (Fsp3) is 0.357. The quantitative estimate of drug-likeness (QED) is 0.416. The van der Waals surface area contributed by atoms with Gasteiger partial charge in [-0.15, -0.1) is 0 Å². The molecule has 2 aliphatic heterocycles. The summed E-state index contributed by atoms with van der Waals surface area (Å²) in [6.45, 7) is 4.73. The molecule has 38 heavy (non-hydrogen) atoms. The Hall–Kier alpha value is -3.92. The number of halogens is 2. The third kappa shape index (κ3) is 4.83. The summed E-state index contributed by atoms with van der Waals surface area (Å²) in [4.78, 5) is 31.6. The van der Waals surface area contributed by atoms with E-state index in [1.165, 1.54) is 12.1 Å². The molecule has 0 bridgehead atoms. The van der Waals surface area contributed by atoms with Crippen LogP contribution in [0.3, 0.4) is 0 Å². The van der Waals surface area contributed by atoms with Crippen LogP contribution in [-0.2, 0) is 19.4 Å². The highest BCUT2D eigenvalue weighted by Crippen LogP contribution is 2.31. The van der Waals surface area contributed by atoms with Crippen molar-refractivity contribution in [2.45, 2.75) is 32.2 Å².